The van der Waals surface area contributed by atoms with E-state index in [2.05, 4.69) is 6.07 Å². The summed E-state index contributed by atoms with van der Waals surface area (Å²) in [4.78, 5) is 12.7. The van der Waals surface area contributed by atoms with Crippen molar-refractivity contribution in [2.75, 3.05) is 7.11 Å². The van der Waals surface area contributed by atoms with Gasteiger partial charge in [-0.25, -0.2) is 0 Å². The van der Waals surface area contributed by atoms with Gasteiger partial charge in [0.2, 0.25) is 5.88 Å². The van der Waals surface area contributed by atoms with E-state index >= 15 is 0 Å². The van der Waals surface area contributed by atoms with E-state index in [0.29, 0.717) is 29.9 Å². The number of hydrogen-bond acceptors (Lipinski definition) is 6. The van der Waals surface area contributed by atoms with Crippen molar-refractivity contribution >= 4 is 5.78 Å². The molecule has 4 rings (SSSR count). The number of carbonyl (C=O) groups excluding carboxylic acids is 1. The van der Waals surface area contributed by atoms with Crippen LogP contribution in [-0.2, 0) is 16.1 Å². The van der Waals surface area contributed by atoms with E-state index in [1.54, 1.807) is 7.11 Å². The van der Waals surface area contributed by atoms with E-state index in [1.807, 2.05) is 48.5 Å². The standard InChI is InChI=1S/C24H22N2O4/c1-28-20-11-10-15(12-16(20)14-29-17-6-3-2-4-7-17)22-18(13-25)24(26)30-21-9-5-8-19(27)23(21)22/h2-4,6-7,10-12,22H,5,8-9,14,26H2,1H3/t22-/m0/s1. The maximum atomic E-state index is 12.7. The first-order valence-corrected chi connectivity index (χ1v) is 9.81. The molecule has 1 heterocycles. The number of ether oxygens (including phenoxy) is 3. The van der Waals surface area contributed by atoms with Crippen LogP contribution in [0.25, 0.3) is 0 Å². The van der Waals surface area contributed by atoms with Crippen LogP contribution in [0.1, 0.15) is 36.3 Å². The summed E-state index contributed by atoms with van der Waals surface area (Å²) in [6.45, 7) is 0.283. The number of nitrogens with two attached hydrogens (primary N) is 1. The fourth-order valence-electron chi connectivity index (χ4n) is 3.96. The molecular formula is C24H22N2O4. The smallest absolute Gasteiger partial charge is 0.205 e. The third-order valence-corrected chi connectivity index (χ3v) is 5.38. The van der Waals surface area contributed by atoms with Crippen LogP contribution in [0, 0.1) is 11.3 Å². The first-order valence-electron chi connectivity index (χ1n) is 9.81. The van der Waals surface area contributed by atoms with Crippen LogP contribution in [0.4, 0.5) is 0 Å². The molecule has 30 heavy (non-hydrogen) atoms. The van der Waals surface area contributed by atoms with Crippen LogP contribution >= 0.6 is 0 Å². The van der Waals surface area contributed by atoms with Gasteiger partial charge in [-0.3, -0.25) is 4.79 Å². The highest BCUT2D eigenvalue weighted by Crippen LogP contribution is 2.44. The number of allylic oxidation sites excluding steroid dienone is 3. The first-order chi connectivity index (χ1) is 14.6. The average molecular weight is 402 g/mol. The van der Waals surface area contributed by atoms with Gasteiger partial charge in [-0.05, 0) is 36.2 Å². The second-order valence-corrected chi connectivity index (χ2v) is 7.21. The Hall–Kier alpha value is -3.72. The minimum atomic E-state index is -0.548. The van der Waals surface area contributed by atoms with Crippen molar-refractivity contribution in [2.45, 2.75) is 31.8 Å². The number of Topliss-reactive ketones (excluding diaryl/α,β-unsaturated/α-hetero) is 1. The molecule has 0 unspecified atom stereocenters. The number of ketones is 1. The quantitative estimate of drug-likeness (QED) is 0.809. The summed E-state index contributed by atoms with van der Waals surface area (Å²) in [5.41, 5.74) is 8.42. The van der Waals surface area contributed by atoms with Crippen molar-refractivity contribution in [3.8, 4) is 17.6 Å². The molecule has 0 fully saturated rings. The van der Waals surface area contributed by atoms with Gasteiger partial charge in [0, 0.05) is 24.0 Å². The second-order valence-electron chi connectivity index (χ2n) is 7.21. The summed E-state index contributed by atoms with van der Waals surface area (Å²) in [5.74, 6) is 1.50. The largest absolute Gasteiger partial charge is 0.496 e. The Morgan fingerprint density at radius 3 is 2.73 bits per heavy atom. The molecule has 0 saturated carbocycles. The van der Waals surface area contributed by atoms with Crippen molar-refractivity contribution in [1.82, 2.24) is 0 Å². The summed E-state index contributed by atoms with van der Waals surface area (Å²) < 4.78 is 17.0. The van der Waals surface area contributed by atoms with Crippen LogP contribution in [0.3, 0.4) is 0 Å². The van der Waals surface area contributed by atoms with Gasteiger partial charge in [0.05, 0.1) is 13.0 Å². The number of methoxy groups -OCH3 is 1. The van der Waals surface area contributed by atoms with Crippen LogP contribution in [-0.4, -0.2) is 12.9 Å². The minimum Gasteiger partial charge on any atom is -0.496 e. The van der Waals surface area contributed by atoms with Crippen molar-refractivity contribution in [1.29, 1.82) is 5.26 Å². The van der Waals surface area contributed by atoms with Gasteiger partial charge in [0.25, 0.3) is 0 Å². The lowest BCUT2D eigenvalue weighted by Crippen LogP contribution is -2.27. The van der Waals surface area contributed by atoms with Gasteiger partial charge >= 0.3 is 0 Å². The molecule has 2 N–H and O–H groups in total. The molecule has 6 heteroatoms. The molecule has 0 aromatic heterocycles. The zero-order valence-electron chi connectivity index (χ0n) is 16.7. The van der Waals surface area contributed by atoms with Gasteiger partial charge < -0.3 is 19.9 Å². The Morgan fingerprint density at radius 1 is 1.20 bits per heavy atom. The number of rotatable bonds is 5. The number of hydrogen-bond donors (Lipinski definition) is 1. The van der Waals surface area contributed by atoms with E-state index in [-0.39, 0.29) is 23.8 Å². The van der Waals surface area contributed by atoms with Crippen LogP contribution in [0.2, 0.25) is 0 Å². The Bertz CT molecular complexity index is 1080. The number of nitriles is 1. The molecule has 0 bridgehead atoms. The monoisotopic (exact) mass is 402 g/mol. The fraction of sp³-hybridized carbons (Fsp3) is 0.250. The SMILES string of the molecule is COc1ccc([C@H]2C(C#N)=C(N)OC3=C2C(=O)CCC3)cc1COc1ccccc1. The third kappa shape index (κ3) is 3.62. The molecule has 0 amide bonds. The predicted molar refractivity (Wildman–Crippen MR) is 110 cm³/mol. The Balaban J connectivity index is 1.74. The lowest BCUT2D eigenvalue weighted by atomic mass is 9.77. The van der Waals surface area contributed by atoms with Crippen molar-refractivity contribution < 1.29 is 19.0 Å². The summed E-state index contributed by atoms with van der Waals surface area (Å²) in [5, 5.41) is 9.74. The van der Waals surface area contributed by atoms with Crippen LogP contribution in [0.15, 0.2) is 71.3 Å². The van der Waals surface area contributed by atoms with Crippen LogP contribution < -0.4 is 15.2 Å². The zero-order valence-corrected chi connectivity index (χ0v) is 16.7. The van der Waals surface area contributed by atoms with E-state index < -0.39 is 5.92 Å². The third-order valence-electron chi connectivity index (χ3n) is 5.38. The highest BCUT2D eigenvalue weighted by molar-refractivity contribution is 5.99. The number of para-hydroxylation sites is 1. The summed E-state index contributed by atoms with van der Waals surface area (Å²) in [7, 11) is 1.60. The molecule has 0 radical (unpaired) electrons. The summed E-state index contributed by atoms with van der Waals surface area (Å²) >= 11 is 0. The molecular weight excluding hydrogens is 380 g/mol. The molecule has 2 aliphatic rings. The fourth-order valence-corrected chi connectivity index (χ4v) is 3.96. The lowest BCUT2D eigenvalue weighted by molar-refractivity contribution is -0.116. The van der Waals surface area contributed by atoms with E-state index in [4.69, 9.17) is 19.9 Å². The molecule has 0 spiro atoms. The molecule has 1 aliphatic carbocycles. The van der Waals surface area contributed by atoms with Gasteiger partial charge in [-0.1, -0.05) is 24.3 Å². The second kappa shape index (κ2) is 8.34. The van der Waals surface area contributed by atoms with Crippen molar-refractivity contribution in [2.24, 2.45) is 5.73 Å². The van der Waals surface area contributed by atoms with E-state index in [1.165, 1.54) is 0 Å². The minimum absolute atomic E-state index is 0.000552. The molecule has 2 aromatic carbocycles. The van der Waals surface area contributed by atoms with Gasteiger partial charge in [-0.15, -0.1) is 0 Å². The first kappa shape index (κ1) is 19.6. The van der Waals surface area contributed by atoms with Gasteiger partial charge in [0.1, 0.15) is 35.5 Å². The number of benzene rings is 2. The molecule has 1 aliphatic heterocycles. The topological polar surface area (TPSA) is 94.6 Å². The molecule has 0 saturated heterocycles. The highest BCUT2D eigenvalue weighted by Gasteiger charge is 2.38. The highest BCUT2D eigenvalue weighted by atomic mass is 16.5. The Morgan fingerprint density at radius 2 is 2.00 bits per heavy atom. The molecule has 2 aromatic rings. The maximum absolute atomic E-state index is 12.7. The van der Waals surface area contributed by atoms with Gasteiger partial charge in [-0.2, -0.15) is 5.26 Å². The molecule has 152 valence electrons. The Kier molecular flexibility index (Phi) is 5.44. The zero-order chi connectivity index (χ0) is 21.1. The van der Waals surface area contributed by atoms with Crippen molar-refractivity contribution in [3.63, 3.8) is 0 Å². The number of nitrogens with zero attached hydrogens (tertiary/aromatic N) is 1. The number of carbonyl (C=O) groups is 1. The summed E-state index contributed by atoms with van der Waals surface area (Å²) in [6, 6.07) is 17.2. The van der Waals surface area contributed by atoms with Gasteiger partial charge in [0.15, 0.2) is 5.78 Å². The normalized spacial score (nSPS) is 18.4. The lowest BCUT2D eigenvalue weighted by Gasteiger charge is -2.31. The predicted octanol–water partition coefficient (Wildman–Crippen LogP) is 4.09. The Labute approximate surface area is 175 Å². The average Bonchev–Trinajstić information content (AvgIpc) is 2.77. The van der Waals surface area contributed by atoms with E-state index in [9.17, 15) is 10.1 Å². The van der Waals surface area contributed by atoms with Crippen LogP contribution in [0.5, 0.6) is 11.5 Å². The molecule has 6 nitrogen and oxygen atoms in total. The van der Waals surface area contributed by atoms with E-state index in [0.717, 1.165) is 23.3 Å². The molecule has 1 atom stereocenters. The van der Waals surface area contributed by atoms with Crippen molar-refractivity contribution in [3.05, 3.63) is 82.4 Å². The summed E-state index contributed by atoms with van der Waals surface area (Å²) in [6.07, 6.45) is 1.80. The maximum Gasteiger partial charge on any atom is 0.205 e.